The molecule has 428 valence electrons. The van der Waals surface area contributed by atoms with Gasteiger partial charge in [0.05, 0.1) is 14.2 Å². The third-order valence-corrected chi connectivity index (χ3v) is 12.1. The number of guanidine groups is 2. The van der Waals surface area contributed by atoms with Crippen LogP contribution in [0.25, 0.3) is 12.2 Å². The number of fused-ring (bicyclic) bond motifs is 2. The first-order chi connectivity index (χ1) is 37.9. The summed E-state index contributed by atoms with van der Waals surface area (Å²) in [6, 6.07) is 23.9. The van der Waals surface area contributed by atoms with Crippen LogP contribution in [0, 0.1) is 0 Å². The monoisotopic (exact) mass is 1100 g/mol. The Morgan fingerprint density at radius 2 is 0.950 bits per heavy atom. The van der Waals surface area contributed by atoms with Crippen LogP contribution in [0.2, 0.25) is 0 Å². The lowest BCUT2D eigenvalue weighted by molar-refractivity contribution is -0.145. The number of amides is 2. The number of unbranched alkanes of at least 4 members (excludes halogenated alkanes) is 4. The van der Waals surface area contributed by atoms with Crippen molar-refractivity contribution in [2.24, 2.45) is 21.5 Å². The summed E-state index contributed by atoms with van der Waals surface area (Å²) in [6.45, 7) is 11.2. The highest BCUT2D eigenvalue weighted by molar-refractivity contribution is 6.01. The molecule has 8 N–H and O–H groups in total. The molecule has 0 fully saturated rings. The van der Waals surface area contributed by atoms with E-state index in [0.717, 1.165) is 41.5 Å². The van der Waals surface area contributed by atoms with Gasteiger partial charge in [0.25, 0.3) is 0 Å². The number of carbonyl (C=O) groups is 6. The molecule has 0 unspecified atom stereocenters. The van der Waals surface area contributed by atoms with Crippen molar-refractivity contribution in [3.05, 3.63) is 130 Å². The molecule has 0 saturated carbocycles. The van der Waals surface area contributed by atoms with Crippen LogP contribution in [0.4, 0.5) is 9.59 Å². The summed E-state index contributed by atoms with van der Waals surface area (Å²) in [6.07, 6.45) is 8.93. The number of nitrogens with zero attached hydrogens (tertiary/aromatic N) is 2. The largest absolute Gasteiger partial charge is 0.508 e. The van der Waals surface area contributed by atoms with E-state index < -0.39 is 59.4 Å². The molecule has 0 bridgehead atoms. The number of hydrogen-bond donors (Lipinski definition) is 6. The first kappa shape index (κ1) is 62.2. The van der Waals surface area contributed by atoms with Crippen LogP contribution in [-0.4, -0.2) is 96.3 Å². The van der Waals surface area contributed by atoms with Crippen molar-refractivity contribution >= 4 is 59.8 Å². The number of esters is 2. The first-order valence-electron chi connectivity index (χ1n) is 26.3. The minimum Gasteiger partial charge on any atom is -0.508 e. The van der Waals surface area contributed by atoms with Crippen molar-refractivity contribution in [2.75, 3.05) is 27.3 Å². The van der Waals surface area contributed by atoms with Gasteiger partial charge < -0.3 is 50.1 Å². The number of rotatable bonds is 20. The molecular weight excluding hydrogens is 1030 g/mol. The van der Waals surface area contributed by atoms with E-state index in [-0.39, 0.29) is 41.5 Å². The van der Waals surface area contributed by atoms with E-state index >= 15 is 0 Å². The Labute approximate surface area is 466 Å². The highest BCUT2D eigenvalue weighted by atomic mass is 16.6. The van der Waals surface area contributed by atoms with Crippen LogP contribution in [0.1, 0.15) is 150 Å². The van der Waals surface area contributed by atoms with E-state index in [9.17, 15) is 39.0 Å². The standard InChI is InChI=1S/C35H45N3O9.C25H29N3O5/c1-34(2,3)46-32(42)37-31(38-33(43)47-35(4,5)6)36-20-10-8-9-11-24(39)16-12-22-13-19-27-26(21-22)28(30(41)44-7)29(45-27)23-14-17-25(40)18-15-23;1-32-24(31)22-20-15-16(6-10-18(29)5-3-2-4-14-28-25(26)27)7-13-21(20)33-23(22)17-8-11-19(30)12-9-17/h12-19,21,28-29,40H,8-11,20H2,1-7H3,(H2,36,37,38,42,43);6-13,15,22-23,30H,2-5,14H2,1H3,(H4,26,27,28)/b16-12+;10-6+/t28-,29+;22-,23+/m11/s1. The Hall–Kier alpha value is -8.68. The Morgan fingerprint density at radius 1 is 0.562 bits per heavy atom. The maximum absolute atomic E-state index is 12.7. The predicted octanol–water partition coefficient (Wildman–Crippen LogP) is 9.53. The number of nitrogens with one attached hydrogen (secondary N) is 2. The average molecular weight is 1100 g/mol. The van der Waals surface area contributed by atoms with Crippen molar-refractivity contribution in [1.29, 1.82) is 0 Å². The van der Waals surface area contributed by atoms with Crippen LogP contribution in [0.15, 0.2) is 107 Å². The van der Waals surface area contributed by atoms with E-state index in [4.69, 9.17) is 39.9 Å². The molecule has 80 heavy (non-hydrogen) atoms. The maximum Gasteiger partial charge on any atom is 0.414 e. The second-order valence-corrected chi connectivity index (χ2v) is 20.9. The van der Waals surface area contributed by atoms with Gasteiger partial charge in [-0.2, -0.15) is 0 Å². The molecule has 4 atom stereocenters. The minimum atomic E-state index is -0.765. The molecule has 2 aliphatic heterocycles. The molecule has 4 aromatic carbocycles. The lowest BCUT2D eigenvalue weighted by Gasteiger charge is -2.22. The fourth-order valence-electron chi connectivity index (χ4n) is 8.41. The molecule has 20 nitrogen and oxygen atoms in total. The minimum absolute atomic E-state index is 0.0278. The number of hydrogen-bond acceptors (Lipinski definition) is 16. The third kappa shape index (κ3) is 20.0. The average Bonchev–Trinajstić information content (AvgIpc) is 4.07. The van der Waals surface area contributed by atoms with Crippen molar-refractivity contribution < 1.29 is 67.4 Å². The van der Waals surface area contributed by atoms with Crippen molar-refractivity contribution in [3.8, 4) is 23.0 Å². The molecule has 0 aliphatic carbocycles. The fraction of sp³-hybridized carbons (Fsp3) is 0.400. The zero-order chi connectivity index (χ0) is 58.6. The van der Waals surface area contributed by atoms with Gasteiger partial charge in [0, 0.05) is 37.1 Å². The molecule has 2 aliphatic rings. The normalized spacial score (nSPS) is 16.1. The number of ether oxygens (including phenoxy) is 6. The number of carbonyl (C=O) groups excluding carboxylic acids is 6. The van der Waals surface area contributed by atoms with Gasteiger partial charge in [-0.1, -0.05) is 61.4 Å². The summed E-state index contributed by atoms with van der Waals surface area (Å²) in [5, 5.41) is 24.1. The van der Waals surface area contributed by atoms with Gasteiger partial charge in [0.15, 0.2) is 17.5 Å². The number of benzene rings is 4. The number of alkyl carbamates (subject to hydrolysis) is 2. The number of ketones is 2. The van der Waals surface area contributed by atoms with Gasteiger partial charge in [-0.15, -0.1) is 0 Å². The van der Waals surface area contributed by atoms with Gasteiger partial charge in [-0.25, -0.2) is 9.59 Å². The molecule has 0 saturated heterocycles. The second kappa shape index (κ2) is 29.3. The van der Waals surface area contributed by atoms with E-state index in [2.05, 4.69) is 20.6 Å². The molecule has 0 radical (unpaired) electrons. The molecule has 2 heterocycles. The molecule has 20 heteroatoms. The summed E-state index contributed by atoms with van der Waals surface area (Å²) in [4.78, 5) is 82.8. The van der Waals surface area contributed by atoms with Crippen LogP contribution < -0.4 is 31.6 Å². The number of phenols is 2. The Morgan fingerprint density at radius 3 is 1.31 bits per heavy atom. The number of nitrogens with two attached hydrogens (primary N) is 2. The quantitative estimate of drug-likeness (QED) is 0.0120. The lowest BCUT2D eigenvalue weighted by Crippen LogP contribution is -2.47. The Kier molecular flexibility index (Phi) is 22.8. The zero-order valence-corrected chi connectivity index (χ0v) is 46.6. The summed E-state index contributed by atoms with van der Waals surface area (Å²) in [5.74, 6) is -0.864. The molecule has 0 spiro atoms. The highest BCUT2D eigenvalue weighted by Crippen LogP contribution is 2.48. The number of allylic oxidation sites excluding steroid dienone is 2. The number of aromatic hydroxyl groups is 2. The maximum atomic E-state index is 12.7. The van der Waals surface area contributed by atoms with Crippen molar-refractivity contribution in [3.63, 3.8) is 0 Å². The second-order valence-electron chi connectivity index (χ2n) is 20.9. The van der Waals surface area contributed by atoms with Gasteiger partial charge in [-0.05, 0) is 150 Å². The van der Waals surface area contributed by atoms with Gasteiger partial charge in [0.1, 0.15) is 58.2 Å². The number of aliphatic imine (C=N–C) groups is 2. The summed E-state index contributed by atoms with van der Waals surface area (Å²) < 4.78 is 32.7. The third-order valence-electron chi connectivity index (χ3n) is 12.1. The smallest absolute Gasteiger partial charge is 0.414 e. The Bertz CT molecular complexity index is 2880. The SMILES string of the molecule is COC(=O)[C@@H]1c2cc(/C=C/C(=O)CCCCCN=C(N)N)ccc2O[C@H]1c1ccc(O)cc1.COC(=O)[C@@H]1c2cc(/C=C/C(=O)CCCCCN=C(NC(=O)OC(C)(C)C)NC(=O)OC(C)(C)C)ccc2O[C@H]1c1ccc(O)cc1. The summed E-state index contributed by atoms with van der Waals surface area (Å²) in [7, 11) is 2.66. The van der Waals surface area contributed by atoms with Gasteiger partial charge in [0.2, 0.25) is 5.96 Å². The molecule has 6 rings (SSSR count). The number of methoxy groups -OCH3 is 2. The number of phenolic OH excluding ortho intramolecular Hbond substituents is 2. The molecule has 4 aromatic rings. The van der Waals surface area contributed by atoms with E-state index in [0.29, 0.717) is 61.3 Å². The van der Waals surface area contributed by atoms with E-state index in [1.54, 1.807) is 108 Å². The van der Waals surface area contributed by atoms with E-state index in [1.807, 2.05) is 24.3 Å². The lowest BCUT2D eigenvalue weighted by atomic mass is 9.90. The predicted molar refractivity (Wildman–Crippen MR) is 302 cm³/mol. The molecular formula is C60H74N6O14. The highest BCUT2D eigenvalue weighted by Gasteiger charge is 2.43. The van der Waals surface area contributed by atoms with Crippen LogP contribution in [0.5, 0.6) is 23.0 Å². The fourth-order valence-corrected chi connectivity index (χ4v) is 8.41. The van der Waals surface area contributed by atoms with Crippen LogP contribution in [0.3, 0.4) is 0 Å². The first-order valence-corrected chi connectivity index (χ1v) is 26.3. The summed E-state index contributed by atoms with van der Waals surface area (Å²) in [5.41, 5.74) is 13.5. The molecule has 0 aromatic heterocycles. The van der Waals surface area contributed by atoms with Crippen molar-refractivity contribution in [1.82, 2.24) is 10.6 Å². The van der Waals surface area contributed by atoms with Gasteiger partial charge in [-0.3, -0.25) is 39.8 Å². The van der Waals surface area contributed by atoms with Crippen molar-refractivity contribution in [2.45, 2.75) is 128 Å². The molecule has 2 amide bonds. The summed E-state index contributed by atoms with van der Waals surface area (Å²) >= 11 is 0. The topological polar surface area (TPSA) is 299 Å². The van der Waals surface area contributed by atoms with E-state index in [1.165, 1.54) is 32.4 Å². The zero-order valence-electron chi connectivity index (χ0n) is 46.6. The van der Waals surface area contributed by atoms with Crippen LogP contribution in [-0.2, 0) is 38.1 Å². The van der Waals surface area contributed by atoms with Crippen LogP contribution >= 0.6 is 0 Å². The Balaban J connectivity index is 0.000000312. The van der Waals surface area contributed by atoms with Gasteiger partial charge >= 0.3 is 24.1 Å².